The zero-order valence-electron chi connectivity index (χ0n) is 6.01. The average Bonchev–Trinajstić information content (AvgIpc) is 2.06. The Morgan fingerprint density at radius 1 is 1.42 bits per heavy atom. The van der Waals surface area contributed by atoms with E-state index in [0.29, 0.717) is 5.75 Å². The molecule has 0 aliphatic rings. The number of rotatable bonds is 3. The number of carbonyl (C=O) groups excluding carboxylic acids is 1. The van der Waals surface area contributed by atoms with Gasteiger partial charge in [-0.15, -0.1) is 0 Å². The predicted octanol–water partition coefficient (Wildman–Crippen LogP) is 0.915. The smallest absolute Gasteiger partial charge is 0.298 e. The van der Waals surface area contributed by atoms with Gasteiger partial charge in [0.2, 0.25) is 0 Å². The summed E-state index contributed by atoms with van der Waals surface area (Å²) in [4.78, 5) is 9.85. The summed E-state index contributed by atoms with van der Waals surface area (Å²) in [5.74, 6) is 0.315. The fourth-order valence-electron chi connectivity index (χ4n) is 0.708. The van der Waals surface area contributed by atoms with Crippen LogP contribution >= 0.6 is 0 Å². The number of hydrogen-bond donors (Lipinski definition) is 1. The van der Waals surface area contributed by atoms with Crippen LogP contribution in [0.1, 0.15) is 0 Å². The lowest BCUT2D eigenvalue weighted by Crippen LogP contribution is -2.06. The van der Waals surface area contributed by atoms with Crippen molar-refractivity contribution in [2.45, 2.75) is 0 Å². The minimum Gasteiger partial charge on any atom is -0.733 e. The molecule has 0 unspecified atom stereocenters. The van der Waals surface area contributed by atoms with Crippen LogP contribution in [0.4, 0.5) is 5.69 Å². The van der Waals surface area contributed by atoms with Crippen LogP contribution < -0.4 is 9.96 Å². The van der Waals surface area contributed by atoms with Gasteiger partial charge in [0.25, 0.3) is 6.47 Å². The summed E-state index contributed by atoms with van der Waals surface area (Å²) < 4.78 is 4.46. The molecule has 0 bridgehead atoms. The second-order valence-electron chi connectivity index (χ2n) is 1.98. The maximum absolute atomic E-state index is 10.3. The van der Waals surface area contributed by atoms with Gasteiger partial charge in [-0.05, 0) is 24.3 Å². The van der Waals surface area contributed by atoms with Crippen LogP contribution in [0, 0.1) is 5.21 Å². The summed E-state index contributed by atoms with van der Waals surface area (Å²) in [5.41, 5.74) is 0.0771. The van der Waals surface area contributed by atoms with Crippen molar-refractivity contribution in [2.75, 3.05) is 5.23 Å². The van der Waals surface area contributed by atoms with E-state index >= 15 is 0 Å². The normalized spacial score (nSPS) is 9.17. The minimum absolute atomic E-state index is 0.0771. The van der Waals surface area contributed by atoms with Gasteiger partial charge in [0.1, 0.15) is 5.75 Å². The Morgan fingerprint density at radius 2 is 2.00 bits per heavy atom. The molecule has 0 saturated heterocycles. The van der Waals surface area contributed by atoms with E-state index in [0.717, 1.165) is 0 Å². The number of anilines is 1. The highest BCUT2D eigenvalue weighted by Gasteiger charge is 1.93. The fraction of sp³-hybridized carbons (Fsp3) is 0. The highest BCUT2D eigenvalue weighted by molar-refractivity contribution is 5.50. The summed E-state index contributed by atoms with van der Waals surface area (Å²) in [5, 5.41) is 18.4. The number of hydrogen-bond acceptors (Lipinski definition) is 5. The molecule has 5 heteroatoms. The van der Waals surface area contributed by atoms with E-state index in [1.165, 1.54) is 24.3 Å². The maximum Gasteiger partial charge on any atom is 0.298 e. The molecule has 5 nitrogen and oxygen atoms in total. The topological polar surface area (TPSA) is 72.8 Å². The molecule has 0 aromatic heterocycles. The Hall–Kier alpha value is -1.59. The summed E-state index contributed by atoms with van der Waals surface area (Å²) in [6.07, 6.45) is 0. The second kappa shape index (κ2) is 3.70. The first-order chi connectivity index (χ1) is 5.74. The lowest BCUT2D eigenvalue weighted by atomic mass is 10.3. The fourth-order valence-corrected chi connectivity index (χ4v) is 0.708. The van der Waals surface area contributed by atoms with Gasteiger partial charge in [-0.25, -0.2) is 0 Å². The van der Waals surface area contributed by atoms with Gasteiger partial charge in [0.15, 0.2) is 0 Å². The lowest BCUT2D eigenvalue weighted by Gasteiger charge is -2.21. The molecule has 0 spiro atoms. The van der Waals surface area contributed by atoms with Gasteiger partial charge in [0, 0.05) is 0 Å². The number of nitrogens with zero attached hydrogens (tertiary/aromatic N) is 1. The summed E-state index contributed by atoms with van der Waals surface area (Å²) in [6, 6.07) is 5.44. The van der Waals surface area contributed by atoms with Gasteiger partial charge in [-0.2, -0.15) is 0 Å². The number of benzene rings is 1. The molecule has 0 heterocycles. The number of ether oxygens (including phenoxy) is 1. The Bertz CT molecular complexity index is 257. The van der Waals surface area contributed by atoms with Crippen LogP contribution in [0.3, 0.4) is 0 Å². The Balaban J connectivity index is 2.78. The van der Waals surface area contributed by atoms with Gasteiger partial charge in [-0.1, -0.05) is 0 Å². The van der Waals surface area contributed by atoms with E-state index < -0.39 is 0 Å². The Kier molecular flexibility index (Phi) is 2.62. The van der Waals surface area contributed by atoms with Crippen LogP contribution in [0.2, 0.25) is 0 Å². The Labute approximate surface area is 68.3 Å². The molecule has 0 aliphatic heterocycles. The zero-order chi connectivity index (χ0) is 8.97. The minimum atomic E-state index is -0.273. The molecule has 1 aromatic carbocycles. The van der Waals surface area contributed by atoms with E-state index in [1.54, 1.807) is 0 Å². The number of carbonyl (C=O) groups is 1. The van der Waals surface area contributed by atoms with Crippen LogP contribution in [-0.4, -0.2) is 11.7 Å². The van der Waals surface area contributed by atoms with Crippen LogP contribution in [-0.2, 0) is 4.79 Å². The SMILES string of the molecule is O=COc1ccc(N([O-])O)cc1. The molecule has 1 N–H and O–H groups in total. The van der Waals surface area contributed by atoms with Crippen molar-refractivity contribution in [1.82, 2.24) is 0 Å². The highest BCUT2D eigenvalue weighted by Crippen LogP contribution is 2.16. The van der Waals surface area contributed by atoms with Crippen molar-refractivity contribution in [3.05, 3.63) is 29.5 Å². The first kappa shape index (κ1) is 8.51. The van der Waals surface area contributed by atoms with E-state index in [4.69, 9.17) is 5.21 Å². The van der Waals surface area contributed by atoms with Gasteiger partial charge >= 0.3 is 0 Å². The van der Waals surface area contributed by atoms with Gasteiger partial charge in [0.05, 0.1) is 5.69 Å². The van der Waals surface area contributed by atoms with E-state index in [-0.39, 0.29) is 17.4 Å². The van der Waals surface area contributed by atoms with E-state index in [9.17, 15) is 10.0 Å². The van der Waals surface area contributed by atoms with Crippen LogP contribution in [0.25, 0.3) is 0 Å². The Morgan fingerprint density at radius 3 is 2.42 bits per heavy atom. The molecule has 0 fully saturated rings. The third-order valence-electron chi connectivity index (χ3n) is 1.24. The molecule has 1 rings (SSSR count). The van der Waals surface area contributed by atoms with Crippen LogP contribution in [0.5, 0.6) is 5.75 Å². The largest absolute Gasteiger partial charge is 0.733 e. The highest BCUT2D eigenvalue weighted by atomic mass is 16.8. The van der Waals surface area contributed by atoms with Crippen molar-refractivity contribution in [1.29, 1.82) is 0 Å². The van der Waals surface area contributed by atoms with E-state index in [1.807, 2.05) is 0 Å². The molecule has 0 atom stereocenters. The first-order valence-corrected chi connectivity index (χ1v) is 3.10. The third kappa shape index (κ3) is 1.94. The van der Waals surface area contributed by atoms with Crippen molar-refractivity contribution in [3.63, 3.8) is 0 Å². The summed E-state index contributed by atoms with van der Waals surface area (Å²) in [6.45, 7) is 0.281. The molecular formula is C7H6NO4-. The van der Waals surface area contributed by atoms with Crippen molar-refractivity contribution >= 4 is 12.2 Å². The van der Waals surface area contributed by atoms with Crippen LogP contribution in [0.15, 0.2) is 24.3 Å². The molecule has 12 heavy (non-hydrogen) atoms. The maximum atomic E-state index is 10.3. The third-order valence-corrected chi connectivity index (χ3v) is 1.24. The van der Waals surface area contributed by atoms with Gasteiger partial charge in [-0.3, -0.25) is 10.0 Å². The molecule has 0 radical (unpaired) electrons. The van der Waals surface area contributed by atoms with Crippen molar-refractivity contribution in [3.8, 4) is 5.75 Å². The molecule has 64 valence electrons. The van der Waals surface area contributed by atoms with Gasteiger partial charge < -0.3 is 15.2 Å². The summed E-state index contributed by atoms with van der Waals surface area (Å²) in [7, 11) is 0. The van der Waals surface area contributed by atoms with E-state index in [2.05, 4.69) is 4.74 Å². The standard InChI is InChI=1S/C7H6NO4/c9-5-12-7-3-1-6(2-4-7)8(10)11/h1-5,10H/q-1. The molecular weight excluding hydrogens is 162 g/mol. The summed E-state index contributed by atoms with van der Waals surface area (Å²) >= 11 is 0. The molecule has 1 aromatic rings. The molecule has 0 amide bonds. The quantitative estimate of drug-likeness (QED) is 0.536. The first-order valence-electron chi connectivity index (χ1n) is 3.10. The second-order valence-corrected chi connectivity index (χ2v) is 1.98. The molecule has 0 aliphatic carbocycles. The zero-order valence-corrected chi connectivity index (χ0v) is 6.01. The van der Waals surface area contributed by atoms with Crippen molar-refractivity contribution < 1.29 is 14.7 Å². The average molecular weight is 168 g/mol. The molecule has 0 saturated carbocycles. The van der Waals surface area contributed by atoms with Crippen molar-refractivity contribution in [2.24, 2.45) is 0 Å². The monoisotopic (exact) mass is 168 g/mol. The predicted molar refractivity (Wildman–Crippen MR) is 40.8 cm³/mol. The lowest BCUT2D eigenvalue weighted by molar-refractivity contribution is -0.120.